The molecule has 3 unspecified atom stereocenters. The third kappa shape index (κ3) is 4.30. The van der Waals surface area contributed by atoms with Crippen molar-refractivity contribution < 1.29 is 103 Å². The fourth-order valence-electron chi connectivity index (χ4n) is 2.12. The number of rotatable bonds is 2. The molecular formula is C10H10Ac2Cl2N4O3. The maximum Gasteiger partial charge on any atom is 0.225 e. The van der Waals surface area contributed by atoms with Gasteiger partial charge in [-0.15, -0.1) is 0 Å². The van der Waals surface area contributed by atoms with E-state index in [0.29, 0.717) is 17.6 Å². The summed E-state index contributed by atoms with van der Waals surface area (Å²) < 4.78 is 7.15. The molecule has 0 spiro atoms. The number of ether oxygens (including phenoxy) is 1. The average Bonchev–Trinajstić information content (AvgIpc) is 2.92. The molecule has 2 aromatic heterocycles. The maximum absolute atomic E-state index is 9.74. The quantitative estimate of drug-likeness (QED) is 0.348. The largest absolute Gasteiger partial charge is 0.394 e. The second kappa shape index (κ2) is 8.83. The molecule has 11 heteroatoms. The van der Waals surface area contributed by atoms with Crippen LogP contribution in [0.4, 0.5) is 0 Å². The molecule has 1 fully saturated rings. The van der Waals surface area contributed by atoms with Crippen LogP contribution >= 0.6 is 23.2 Å². The number of nitrogens with zero attached hydrogens (tertiary/aromatic N) is 4. The molecule has 0 bridgehead atoms. The van der Waals surface area contributed by atoms with E-state index < -0.39 is 18.4 Å². The summed E-state index contributed by atoms with van der Waals surface area (Å²) in [6, 6.07) is 0. The summed E-state index contributed by atoms with van der Waals surface area (Å²) in [6.07, 6.45) is 0.00360. The van der Waals surface area contributed by atoms with Crippen LogP contribution in [0.5, 0.6) is 0 Å². The minimum absolute atomic E-state index is 0. The number of aromatic nitrogens is 4. The Morgan fingerprint density at radius 2 is 2.05 bits per heavy atom. The summed E-state index contributed by atoms with van der Waals surface area (Å²) in [5, 5.41) is 19.0. The van der Waals surface area contributed by atoms with Crippen molar-refractivity contribution in [3.63, 3.8) is 0 Å². The Morgan fingerprint density at radius 3 is 2.67 bits per heavy atom. The van der Waals surface area contributed by atoms with Crippen LogP contribution in [0, 0.1) is 88.1 Å². The molecule has 108 valence electrons. The first-order valence-electron chi connectivity index (χ1n) is 5.60. The van der Waals surface area contributed by atoms with Crippen LogP contribution in [0.15, 0.2) is 6.33 Å². The number of hydrogen-bond acceptors (Lipinski definition) is 6. The van der Waals surface area contributed by atoms with Crippen molar-refractivity contribution in [1.29, 1.82) is 0 Å². The van der Waals surface area contributed by atoms with Crippen LogP contribution in [-0.2, 0) is 4.74 Å². The second-order valence-corrected chi connectivity index (χ2v) is 4.92. The Bertz CT molecular complexity index is 630. The monoisotopic (exact) mass is 758 g/mol. The molecule has 3 rings (SSSR count). The summed E-state index contributed by atoms with van der Waals surface area (Å²) in [4.78, 5) is 12.0. The Kier molecular flexibility index (Phi) is 8.81. The normalized spacial score (nSPS) is 24.7. The third-order valence-electron chi connectivity index (χ3n) is 3.05. The van der Waals surface area contributed by atoms with E-state index in [4.69, 9.17) is 33.0 Å². The molecule has 0 aliphatic carbocycles. The summed E-state index contributed by atoms with van der Waals surface area (Å²) >= 11 is 11.7. The summed E-state index contributed by atoms with van der Waals surface area (Å²) in [5.41, 5.74) is 0.845. The van der Waals surface area contributed by atoms with Gasteiger partial charge < -0.3 is 14.9 Å². The standard InChI is InChI=1S/C10H10Cl2N4O3.2Ac/c11-8-7-9(15-10(12)14-8)16(3-13-7)6-1-4(18)5(2-17)19-6;;/h3-6,17-18H,1-2H2;;. The van der Waals surface area contributed by atoms with Gasteiger partial charge in [-0.25, -0.2) is 9.97 Å². The molecule has 0 aromatic carbocycles. The van der Waals surface area contributed by atoms with Crippen molar-refractivity contribution in [1.82, 2.24) is 19.5 Å². The van der Waals surface area contributed by atoms with Crippen molar-refractivity contribution in [3.05, 3.63) is 16.8 Å². The van der Waals surface area contributed by atoms with E-state index in [2.05, 4.69) is 15.0 Å². The molecule has 2 radical (unpaired) electrons. The molecule has 1 aliphatic rings. The van der Waals surface area contributed by atoms with Gasteiger partial charge in [0.05, 0.1) is 19.0 Å². The van der Waals surface area contributed by atoms with E-state index in [0.717, 1.165) is 0 Å². The molecule has 3 atom stereocenters. The molecule has 21 heavy (non-hydrogen) atoms. The predicted octanol–water partition coefficient (Wildman–Crippen LogP) is 0.774. The van der Waals surface area contributed by atoms with Crippen LogP contribution in [0.3, 0.4) is 0 Å². The predicted molar refractivity (Wildman–Crippen MR) is 67.0 cm³/mol. The van der Waals surface area contributed by atoms with Gasteiger partial charge in [-0.1, -0.05) is 11.6 Å². The molecule has 2 aromatic rings. The Hall–Kier alpha value is 1.89. The zero-order valence-corrected chi connectivity index (χ0v) is 21.7. The van der Waals surface area contributed by atoms with Crippen molar-refractivity contribution in [3.8, 4) is 0 Å². The van der Waals surface area contributed by atoms with E-state index in [1.54, 1.807) is 4.57 Å². The Labute approximate surface area is 201 Å². The van der Waals surface area contributed by atoms with Gasteiger partial charge in [-0.2, -0.15) is 4.98 Å². The minimum atomic E-state index is -0.736. The van der Waals surface area contributed by atoms with Crippen molar-refractivity contribution in [2.24, 2.45) is 0 Å². The Balaban J connectivity index is 0.00000110. The number of hydrogen-bond donors (Lipinski definition) is 2. The third-order valence-corrected chi connectivity index (χ3v) is 3.48. The summed E-state index contributed by atoms with van der Waals surface area (Å²) in [5.74, 6) is 0. The van der Waals surface area contributed by atoms with Crippen LogP contribution in [0.2, 0.25) is 10.4 Å². The molecule has 7 nitrogen and oxygen atoms in total. The SMILES string of the molecule is OCC1OC(n2cnc3c(Cl)nc(Cl)nc32)CC1O.[Ac].[Ac]. The summed E-state index contributed by atoms with van der Waals surface area (Å²) in [6.45, 7) is -0.249. The molecule has 3 heterocycles. The molecule has 1 saturated heterocycles. The van der Waals surface area contributed by atoms with Crippen molar-refractivity contribution in [2.75, 3.05) is 6.61 Å². The second-order valence-electron chi connectivity index (χ2n) is 4.22. The maximum atomic E-state index is 9.74. The van der Waals surface area contributed by atoms with E-state index in [9.17, 15) is 5.11 Å². The number of aliphatic hydroxyl groups excluding tert-OH is 2. The van der Waals surface area contributed by atoms with Crippen molar-refractivity contribution >= 4 is 34.4 Å². The van der Waals surface area contributed by atoms with Crippen LogP contribution < -0.4 is 0 Å². The van der Waals surface area contributed by atoms with E-state index >= 15 is 0 Å². The fraction of sp³-hybridized carbons (Fsp3) is 0.500. The minimum Gasteiger partial charge on any atom is -0.394 e. The smallest absolute Gasteiger partial charge is 0.225 e. The van der Waals surface area contributed by atoms with Gasteiger partial charge in [0.15, 0.2) is 10.8 Å². The first kappa shape index (κ1) is 20.9. The van der Waals surface area contributed by atoms with Gasteiger partial charge >= 0.3 is 0 Å². The molecule has 0 amide bonds. The zero-order valence-electron chi connectivity index (χ0n) is 10.7. The number of imidazole rings is 1. The average molecular weight is 759 g/mol. The first-order valence-corrected chi connectivity index (χ1v) is 6.35. The number of fused-ring (bicyclic) bond motifs is 1. The first-order chi connectivity index (χ1) is 9.10. The molecular weight excluding hydrogens is 749 g/mol. The van der Waals surface area contributed by atoms with Gasteiger partial charge in [0.25, 0.3) is 0 Å². The zero-order chi connectivity index (χ0) is 13.6. The van der Waals surface area contributed by atoms with Gasteiger partial charge in [-0.3, -0.25) is 4.57 Å². The molecule has 2 N–H and O–H groups in total. The van der Waals surface area contributed by atoms with Crippen molar-refractivity contribution in [2.45, 2.75) is 24.9 Å². The van der Waals surface area contributed by atoms with E-state index in [-0.39, 0.29) is 105 Å². The fourth-order valence-corrected chi connectivity index (χ4v) is 2.54. The van der Waals surface area contributed by atoms with Gasteiger partial charge in [0.2, 0.25) is 5.28 Å². The van der Waals surface area contributed by atoms with E-state index in [1.807, 2.05) is 0 Å². The summed E-state index contributed by atoms with van der Waals surface area (Å²) in [7, 11) is 0. The van der Waals surface area contributed by atoms with E-state index in [1.165, 1.54) is 6.33 Å². The topological polar surface area (TPSA) is 93.3 Å². The molecule has 0 saturated carbocycles. The van der Waals surface area contributed by atoms with Crippen LogP contribution in [0.25, 0.3) is 11.2 Å². The van der Waals surface area contributed by atoms with Crippen LogP contribution in [-0.4, -0.2) is 48.5 Å². The Morgan fingerprint density at radius 1 is 1.33 bits per heavy atom. The van der Waals surface area contributed by atoms with Gasteiger partial charge in [-0.05, 0) is 11.6 Å². The van der Waals surface area contributed by atoms with Gasteiger partial charge in [0, 0.05) is 94.5 Å². The number of halogens is 2. The van der Waals surface area contributed by atoms with Gasteiger partial charge in [0.1, 0.15) is 17.8 Å². The molecule has 1 aliphatic heterocycles. The number of aliphatic hydroxyl groups is 2. The van der Waals surface area contributed by atoms with Crippen LogP contribution in [0.1, 0.15) is 12.6 Å².